The van der Waals surface area contributed by atoms with Crippen molar-refractivity contribution in [3.63, 3.8) is 0 Å². The predicted octanol–water partition coefficient (Wildman–Crippen LogP) is 1.15. The van der Waals surface area contributed by atoms with Crippen LogP contribution in [0.15, 0.2) is 24.5 Å². The van der Waals surface area contributed by atoms with E-state index < -0.39 is 11.9 Å². The van der Waals surface area contributed by atoms with E-state index in [0.717, 1.165) is 5.56 Å². The summed E-state index contributed by atoms with van der Waals surface area (Å²) in [5, 5.41) is 8.72. The van der Waals surface area contributed by atoms with Gasteiger partial charge in [-0.3, -0.25) is 14.6 Å². The fourth-order valence-corrected chi connectivity index (χ4v) is 1.36. The molecule has 1 N–H and O–H groups in total. The van der Waals surface area contributed by atoms with Crippen molar-refractivity contribution in [2.24, 2.45) is 5.92 Å². The lowest BCUT2D eigenvalue weighted by atomic mass is 10.1. The average molecular weight is 236 g/mol. The molecule has 17 heavy (non-hydrogen) atoms. The summed E-state index contributed by atoms with van der Waals surface area (Å²) >= 11 is 0. The fraction of sp³-hybridized carbons (Fsp3) is 0.417. The summed E-state index contributed by atoms with van der Waals surface area (Å²) in [4.78, 5) is 27.8. The standard InChI is InChI=1S/C12H16N2O3/c1-9(12(16)17)6-11(15)14(2)8-10-4-3-5-13-7-10/h3-5,7,9H,6,8H2,1-2H3,(H,16,17). The van der Waals surface area contributed by atoms with Crippen LogP contribution in [0.5, 0.6) is 0 Å². The Labute approximate surface area is 100 Å². The van der Waals surface area contributed by atoms with E-state index >= 15 is 0 Å². The first kappa shape index (κ1) is 13.2. The van der Waals surface area contributed by atoms with E-state index in [-0.39, 0.29) is 12.3 Å². The SMILES string of the molecule is CC(CC(=O)N(C)Cc1cccnc1)C(=O)O. The van der Waals surface area contributed by atoms with Gasteiger partial charge in [0.05, 0.1) is 5.92 Å². The highest BCUT2D eigenvalue weighted by atomic mass is 16.4. The second kappa shape index (κ2) is 5.98. The van der Waals surface area contributed by atoms with Gasteiger partial charge in [-0.1, -0.05) is 13.0 Å². The molecule has 0 saturated carbocycles. The molecule has 1 atom stereocenters. The van der Waals surface area contributed by atoms with E-state index in [2.05, 4.69) is 4.98 Å². The highest BCUT2D eigenvalue weighted by Gasteiger charge is 2.18. The maximum absolute atomic E-state index is 11.7. The van der Waals surface area contributed by atoms with Gasteiger partial charge in [0.1, 0.15) is 0 Å². The summed E-state index contributed by atoms with van der Waals surface area (Å²) in [5.74, 6) is -1.78. The molecule has 1 aromatic heterocycles. The highest BCUT2D eigenvalue weighted by Crippen LogP contribution is 2.07. The van der Waals surface area contributed by atoms with Crippen LogP contribution >= 0.6 is 0 Å². The molecule has 0 radical (unpaired) electrons. The molecule has 0 bridgehead atoms. The molecule has 1 rings (SSSR count). The van der Waals surface area contributed by atoms with Crippen molar-refractivity contribution in [1.82, 2.24) is 9.88 Å². The van der Waals surface area contributed by atoms with Gasteiger partial charge in [-0.05, 0) is 11.6 Å². The number of aliphatic carboxylic acids is 1. The molecule has 1 unspecified atom stereocenters. The number of carboxylic acids is 1. The summed E-state index contributed by atoms with van der Waals surface area (Å²) in [6, 6.07) is 3.67. The van der Waals surface area contributed by atoms with E-state index in [1.54, 1.807) is 25.5 Å². The Bertz CT molecular complexity index is 392. The van der Waals surface area contributed by atoms with Crippen LogP contribution in [0.2, 0.25) is 0 Å². The van der Waals surface area contributed by atoms with Crippen LogP contribution in [-0.2, 0) is 16.1 Å². The molecule has 92 valence electrons. The molecule has 1 heterocycles. The number of nitrogens with zero attached hydrogens (tertiary/aromatic N) is 2. The van der Waals surface area contributed by atoms with Gasteiger partial charge >= 0.3 is 5.97 Å². The minimum Gasteiger partial charge on any atom is -0.481 e. The molecule has 0 aliphatic carbocycles. The molecule has 0 aromatic carbocycles. The molecule has 0 aliphatic rings. The Morgan fingerprint density at radius 3 is 2.76 bits per heavy atom. The highest BCUT2D eigenvalue weighted by molar-refractivity contribution is 5.81. The Hall–Kier alpha value is -1.91. The van der Waals surface area contributed by atoms with Crippen molar-refractivity contribution in [3.05, 3.63) is 30.1 Å². The van der Waals surface area contributed by atoms with Gasteiger partial charge in [0.15, 0.2) is 0 Å². The third kappa shape index (κ3) is 4.22. The summed E-state index contributed by atoms with van der Waals surface area (Å²) in [5.41, 5.74) is 0.923. The van der Waals surface area contributed by atoms with E-state index in [1.807, 2.05) is 6.07 Å². The number of hydrogen-bond acceptors (Lipinski definition) is 3. The van der Waals surface area contributed by atoms with Gasteiger partial charge in [0.2, 0.25) is 5.91 Å². The molecule has 0 aliphatic heterocycles. The molecule has 0 spiro atoms. The normalized spacial score (nSPS) is 11.9. The van der Waals surface area contributed by atoms with Gasteiger partial charge in [-0.15, -0.1) is 0 Å². The van der Waals surface area contributed by atoms with Crippen LogP contribution in [0, 0.1) is 5.92 Å². The zero-order valence-corrected chi connectivity index (χ0v) is 9.96. The predicted molar refractivity (Wildman–Crippen MR) is 62.1 cm³/mol. The third-order valence-electron chi connectivity index (χ3n) is 2.47. The van der Waals surface area contributed by atoms with Crippen LogP contribution in [0.1, 0.15) is 18.9 Å². The number of carboxylic acid groups (broad SMARTS) is 1. The van der Waals surface area contributed by atoms with Crippen LogP contribution in [-0.4, -0.2) is 33.9 Å². The Morgan fingerprint density at radius 1 is 1.53 bits per heavy atom. The molecule has 5 heteroatoms. The van der Waals surface area contributed by atoms with Crippen LogP contribution in [0.3, 0.4) is 0 Å². The second-order valence-corrected chi connectivity index (χ2v) is 4.05. The van der Waals surface area contributed by atoms with Crippen LogP contribution in [0.25, 0.3) is 0 Å². The Balaban J connectivity index is 2.50. The first-order valence-electron chi connectivity index (χ1n) is 5.36. The van der Waals surface area contributed by atoms with E-state index in [4.69, 9.17) is 5.11 Å². The number of amides is 1. The average Bonchev–Trinajstić information content (AvgIpc) is 2.29. The van der Waals surface area contributed by atoms with Crippen molar-refractivity contribution in [2.45, 2.75) is 19.9 Å². The summed E-state index contributed by atoms with van der Waals surface area (Å²) in [7, 11) is 1.66. The maximum atomic E-state index is 11.7. The first-order chi connectivity index (χ1) is 8.00. The first-order valence-corrected chi connectivity index (χ1v) is 5.36. The summed E-state index contributed by atoms with van der Waals surface area (Å²) in [6.45, 7) is 1.97. The Morgan fingerprint density at radius 2 is 2.24 bits per heavy atom. The van der Waals surface area contributed by atoms with Crippen molar-refractivity contribution in [3.8, 4) is 0 Å². The van der Waals surface area contributed by atoms with E-state index in [9.17, 15) is 9.59 Å². The van der Waals surface area contributed by atoms with Gasteiger partial charge in [0, 0.05) is 32.4 Å². The minimum absolute atomic E-state index is 0.0199. The number of aromatic nitrogens is 1. The second-order valence-electron chi connectivity index (χ2n) is 4.05. The number of pyridine rings is 1. The van der Waals surface area contributed by atoms with Crippen molar-refractivity contribution in [1.29, 1.82) is 0 Å². The quantitative estimate of drug-likeness (QED) is 0.832. The van der Waals surface area contributed by atoms with Gasteiger partial charge in [0.25, 0.3) is 0 Å². The van der Waals surface area contributed by atoms with Gasteiger partial charge in [-0.25, -0.2) is 0 Å². The molecule has 1 aromatic rings. The van der Waals surface area contributed by atoms with Crippen LogP contribution < -0.4 is 0 Å². The zero-order chi connectivity index (χ0) is 12.8. The Kier molecular flexibility index (Phi) is 4.63. The molecular formula is C12H16N2O3. The largest absolute Gasteiger partial charge is 0.481 e. The lowest BCUT2D eigenvalue weighted by Crippen LogP contribution is -2.29. The lowest BCUT2D eigenvalue weighted by Gasteiger charge is -2.18. The fourth-order valence-electron chi connectivity index (χ4n) is 1.36. The topological polar surface area (TPSA) is 70.5 Å². The summed E-state index contributed by atoms with van der Waals surface area (Å²) < 4.78 is 0. The summed E-state index contributed by atoms with van der Waals surface area (Å²) in [6.07, 6.45) is 3.37. The lowest BCUT2D eigenvalue weighted by molar-refractivity contribution is -0.145. The van der Waals surface area contributed by atoms with Crippen molar-refractivity contribution >= 4 is 11.9 Å². The minimum atomic E-state index is -0.951. The molecule has 0 saturated heterocycles. The number of carbonyl (C=O) groups is 2. The van der Waals surface area contributed by atoms with Crippen molar-refractivity contribution in [2.75, 3.05) is 7.05 Å². The number of hydrogen-bond donors (Lipinski definition) is 1. The van der Waals surface area contributed by atoms with Crippen LogP contribution in [0.4, 0.5) is 0 Å². The third-order valence-corrected chi connectivity index (χ3v) is 2.47. The molecule has 1 amide bonds. The molecule has 0 fully saturated rings. The monoisotopic (exact) mass is 236 g/mol. The smallest absolute Gasteiger partial charge is 0.306 e. The maximum Gasteiger partial charge on any atom is 0.306 e. The molecule has 5 nitrogen and oxygen atoms in total. The van der Waals surface area contributed by atoms with Gasteiger partial charge in [-0.2, -0.15) is 0 Å². The van der Waals surface area contributed by atoms with Crippen molar-refractivity contribution < 1.29 is 14.7 Å². The molecular weight excluding hydrogens is 220 g/mol. The number of rotatable bonds is 5. The van der Waals surface area contributed by atoms with E-state index in [1.165, 1.54) is 11.8 Å². The van der Waals surface area contributed by atoms with E-state index in [0.29, 0.717) is 6.54 Å². The van der Waals surface area contributed by atoms with Gasteiger partial charge < -0.3 is 10.0 Å². The number of carbonyl (C=O) groups excluding carboxylic acids is 1. The zero-order valence-electron chi connectivity index (χ0n) is 9.96.